The van der Waals surface area contributed by atoms with Crippen LogP contribution in [0.4, 0.5) is 0 Å². The molecule has 0 saturated carbocycles. The van der Waals surface area contributed by atoms with Gasteiger partial charge in [0.15, 0.2) is 0 Å². The summed E-state index contributed by atoms with van der Waals surface area (Å²) in [4.78, 5) is 0. The standard InChI is InChI=1S/C8H8Br2O/c1-5-2-8(10)6(4-11)3-7(5)9/h2-3,11H,4H2,1H3. The van der Waals surface area contributed by atoms with Crippen molar-refractivity contribution in [3.05, 3.63) is 32.2 Å². The van der Waals surface area contributed by atoms with Gasteiger partial charge in [-0.25, -0.2) is 0 Å². The summed E-state index contributed by atoms with van der Waals surface area (Å²) >= 11 is 6.75. The van der Waals surface area contributed by atoms with E-state index in [2.05, 4.69) is 31.9 Å². The van der Waals surface area contributed by atoms with Crippen LogP contribution in [0.5, 0.6) is 0 Å². The van der Waals surface area contributed by atoms with Gasteiger partial charge in [0.25, 0.3) is 0 Å². The lowest BCUT2D eigenvalue weighted by molar-refractivity contribution is 0.281. The van der Waals surface area contributed by atoms with Crippen LogP contribution in [-0.4, -0.2) is 5.11 Å². The monoisotopic (exact) mass is 278 g/mol. The number of benzene rings is 1. The van der Waals surface area contributed by atoms with Gasteiger partial charge < -0.3 is 5.11 Å². The summed E-state index contributed by atoms with van der Waals surface area (Å²) in [6.45, 7) is 2.08. The van der Waals surface area contributed by atoms with Crippen LogP contribution in [0, 0.1) is 6.92 Å². The molecule has 0 aliphatic heterocycles. The molecule has 0 aliphatic rings. The summed E-state index contributed by atoms with van der Waals surface area (Å²) in [6.07, 6.45) is 0. The molecular formula is C8H8Br2O. The van der Waals surface area contributed by atoms with Crippen LogP contribution >= 0.6 is 31.9 Å². The van der Waals surface area contributed by atoms with Gasteiger partial charge in [0.1, 0.15) is 0 Å². The number of aliphatic hydroxyl groups is 1. The SMILES string of the molecule is Cc1cc(Br)c(CO)cc1Br. The zero-order chi connectivity index (χ0) is 8.43. The first kappa shape index (κ1) is 9.23. The molecule has 0 atom stereocenters. The van der Waals surface area contributed by atoms with Crippen LogP contribution in [0.2, 0.25) is 0 Å². The summed E-state index contributed by atoms with van der Waals surface area (Å²) in [7, 11) is 0. The number of aliphatic hydroxyl groups excluding tert-OH is 1. The highest BCUT2D eigenvalue weighted by Crippen LogP contribution is 2.25. The average Bonchev–Trinajstić information content (AvgIpc) is 1.97. The van der Waals surface area contributed by atoms with Crippen LogP contribution in [0.3, 0.4) is 0 Å². The highest BCUT2D eigenvalue weighted by molar-refractivity contribution is 9.11. The summed E-state index contributed by atoms with van der Waals surface area (Å²) in [5, 5.41) is 8.88. The Labute approximate surface area is 82.7 Å². The fraction of sp³-hybridized carbons (Fsp3) is 0.250. The molecule has 0 fully saturated rings. The fourth-order valence-electron chi connectivity index (χ4n) is 0.809. The van der Waals surface area contributed by atoms with E-state index in [1.807, 2.05) is 19.1 Å². The minimum atomic E-state index is 0.0689. The Morgan fingerprint density at radius 2 is 1.91 bits per heavy atom. The van der Waals surface area contributed by atoms with Crippen molar-refractivity contribution in [1.82, 2.24) is 0 Å². The molecule has 11 heavy (non-hydrogen) atoms. The largest absolute Gasteiger partial charge is 0.392 e. The number of hydrogen-bond acceptors (Lipinski definition) is 1. The molecule has 1 nitrogen and oxygen atoms in total. The molecule has 0 aliphatic carbocycles. The maximum absolute atomic E-state index is 8.88. The summed E-state index contributed by atoms with van der Waals surface area (Å²) < 4.78 is 1.99. The average molecular weight is 280 g/mol. The lowest BCUT2D eigenvalue weighted by Crippen LogP contribution is -1.87. The van der Waals surface area contributed by atoms with Gasteiger partial charge in [-0.3, -0.25) is 0 Å². The lowest BCUT2D eigenvalue weighted by atomic mass is 10.2. The van der Waals surface area contributed by atoms with Gasteiger partial charge in [0, 0.05) is 8.95 Å². The van der Waals surface area contributed by atoms with E-state index in [9.17, 15) is 0 Å². The molecule has 0 saturated heterocycles. The predicted molar refractivity (Wildman–Crippen MR) is 52.5 cm³/mol. The maximum Gasteiger partial charge on any atom is 0.0693 e. The number of rotatable bonds is 1. The van der Waals surface area contributed by atoms with E-state index in [4.69, 9.17) is 5.11 Å². The molecule has 0 heterocycles. The third-order valence-corrected chi connectivity index (χ3v) is 3.09. The molecular weight excluding hydrogens is 272 g/mol. The molecule has 60 valence electrons. The zero-order valence-corrected chi connectivity index (χ0v) is 9.24. The molecule has 0 spiro atoms. The highest BCUT2D eigenvalue weighted by Gasteiger charge is 2.01. The molecule has 3 heteroatoms. The van der Waals surface area contributed by atoms with E-state index in [0.29, 0.717) is 0 Å². The van der Waals surface area contributed by atoms with E-state index >= 15 is 0 Å². The molecule has 0 amide bonds. The van der Waals surface area contributed by atoms with E-state index in [-0.39, 0.29) is 6.61 Å². The molecule has 1 rings (SSSR count). The van der Waals surface area contributed by atoms with Crippen LogP contribution in [-0.2, 0) is 6.61 Å². The Balaban J connectivity index is 3.21. The van der Waals surface area contributed by atoms with Gasteiger partial charge in [0.05, 0.1) is 6.61 Å². The second-order valence-electron chi connectivity index (χ2n) is 2.35. The molecule has 0 bridgehead atoms. The van der Waals surface area contributed by atoms with Gasteiger partial charge in [-0.2, -0.15) is 0 Å². The van der Waals surface area contributed by atoms with Crippen LogP contribution in [0.1, 0.15) is 11.1 Å². The molecule has 0 radical (unpaired) electrons. The lowest BCUT2D eigenvalue weighted by Gasteiger charge is -2.03. The first-order chi connectivity index (χ1) is 5.15. The molecule has 1 aromatic carbocycles. The smallest absolute Gasteiger partial charge is 0.0693 e. The zero-order valence-electron chi connectivity index (χ0n) is 6.06. The van der Waals surface area contributed by atoms with E-state index in [1.165, 1.54) is 0 Å². The first-order valence-corrected chi connectivity index (χ1v) is 4.79. The Bertz CT molecular complexity index is 271. The van der Waals surface area contributed by atoms with Gasteiger partial charge in [-0.15, -0.1) is 0 Å². The summed E-state index contributed by atoms with van der Waals surface area (Å²) in [5.41, 5.74) is 2.07. The van der Waals surface area contributed by atoms with Gasteiger partial charge in [0.2, 0.25) is 0 Å². The molecule has 0 unspecified atom stereocenters. The van der Waals surface area contributed by atoms with E-state index < -0.39 is 0 Å². The van der Waals surface area contributed by atoms with Crippen molar-refractivity contribution in [2.24, 2.45) is 0 Å². The minimum absolute atomic E-state index is 0.0689. The number of hydrogen-bond donors (Lipinski definition) is 1. The number of aryl methyl sites for hydroxylation is 1. The van der Waals surface area contributed by atoms with Crippen LogP contribution in [0.25, 0.3) is 0 Å². The maximum atomic E-state index is 8.88. The van der Waals surface area contributed by atoms with Crippen molar-refractivity contribution in [1.29, 1.82) is 0 Å². The Morgan fingerprint density at radius 1 is 1.27 bits per heavy atom. The van der Waals surface area contributed by atoms with E-state index in [0.717, 1.165) is 20.1 Å². The summed E-state index contributed by atoms with van der Waals surface area (Å²) in [6, 6.07) is 3.90. The normalized spacial score (nSPS) is 10.2. The first-order valence-electron chi connectivity index (χ1n) is 3.20. The van der Waals surface area contributed by atoms with Crippen LogP contribution in [0.15, 0.2) is 21.1 Å². The quantitative estimate of drug-likeness (QED) is 0.838. The van der Waals surface area contributed by atoms with Crippen LogP contribution < -0.4 is 0 Å². The Kier molecular flexibility index (Phi) is 3.10. The number of halogens is 2. The van der Waals surface area contributed by atoms with E-state index in [1.54, 1.807) is 0 Å². The fourth-order valence-corrected chi connectivity index (χ4v) is 1.78. The Hall–Kier alpha value is 0.140. The molecule has 1 N–H and O–H groups in total. The summed E-state index contributed by atoms with van der Waals surface area (Å²) in [5.74, 6) is 0. The van der Waals surface area contributed by atoms with Gasteiger partial charge >= 0.3 is 0 Å². The van der Waals surface area contributed by atoms with Crippen molar-refractivity contribution in [3.63, 3.8) is 0 Å². The second kappa shape index (κ2) is 3.70. The van der Waals surface area contributed by atoms with Gasteiger partial charge in [-0.1, -0.05) is 31.9 Å². The molecule has 1 aromatic rings. The highest BCUT2D eigenvalue weighted by atomic mass is 79.9. The molecule has 0 aromatic heterocycles. The van der Waals surface area contributed by atoms with Crippen molar-refractivity contribution < 1.29 is 5.11 Å². The van der Waals surface area contributed by atoms with Crippen molar-refractivity contribution in [2.75, 3.05) is 0 Å². The van der Waals surface area contributed by atoms with Crippen molar-refractivity contribution in [3.8, 4) is 0 Å². The predicted octanol–water partition coefficient (Wildman–Crippen LogP) is 3.01. The van der Waals surface area contributed by atoms with Crippen molar-refractivity contribution >= 4 is 31.9 Å². The second-order valence-corrected chi connectivity index (χ2v) is 4.06. The minimum Gasteiger partial charge on any atom is -0.392 e. The third kappa shape index (κ3) is 2.04. The Morgan fingerprint density at radius 3 is 2.45 bits per heavy atom. The van der Waals surface area contributed by atoms with Crippen molar-refractivity contribution in [2.45, 2.75) is 13.5 Å². The topological polar surface area (TPSA) is 20.2 Å². The van der Waals surface area contributed by atoms with Gasteiger partial charge in [-0.05, 0) is 30.2 Å². The third-order valence-electron chi connectivity index (χ3n) is 1.50.